The largest absolute Gasteiger partial charge is 0.382 e. The van der Waals surface area contributed by atoms with E-state index in [1.54, 1.807) is 0 Å². The molecule has 3 unspecified atom stereocenters. The van der Waals surface area contributed by atoms with Crippen molar-refractivity contribution in [2.75, 3.05) is 18.0 Å². The molecule has 0 radical (unpaired) electrons. The summed E-state index contributed by atoms with van der Waals surface area (Å²) in [4.78, 5) is 32.6. The lowest BCUT2D eigenvalue weighted by Gasteiger charge is -2.16. The quantitative estimate of drug-likeness (QED) is 0.261. The molecule has 34 heavy (non-hydrogen) atoms. The van der Waals surface area contributed by atoms with E-state index >= 15 is 0 Å². The maximum absolute atomic E-state index is 12.2. The number of unbranched alkanes of at least 4 members (excludes halogenated alkanes) is 2. The number of pyridine rings is 1. The Bertz CT molecular complexity index is 1200. The topological polar surface area (TPSA) is 127 Å². The number of hydrogen-bond acceptors (Lipinski definition) is 6. The molecule has 1 aromatic carbocycles. The number of nitrogens with two attached hydrogens (primary N) is 1. The van der Waals surface area contributed by atoms with Crippen molar-refractivity contribution in [2.24, 2.45) is 0 Å². The summed E-state index contributed by atoms with van der Waals surface area (Å²) < 4.78 is 2.13. The highest BCUT2D eigenvalue weighted by atomic mass is 32.2. The van der Waals surface area contributed by atoms with E-state index in [0.717, 1.165) is 66.3 Å². The van der Waals surface area contributed by atoms with E-state index in [4.69, 9.17) is 5.73 Å². The van der Waals surface area contributed by atoms with Gasteiger partial charge >= 0.3 is 6.03 Å². The average Bonchev–Trinajstić information content (AvgIpc) is 3.52. The Balaban J connectivity index is 1.01. The number of para-hydroxylation sites is 1. The summed E-state index contributed by atoms with van der Waals surface area (Å²) in [5.74, 6) is 1.55. The summed E-state index contributed by atoms with van der Waals surface area (Å²) in [6, 6.07) is 8.43. The highest BCUT2D eigenvalue weighted by Gasteiger charge is 2.42. The number of thioether (sulfide) groups is 1. The molecule has 180 valence electrons. The summed E-state index contributed by atoms with van der Waals surface area (Å²) in [5, 5.41) is 10.5. The number of fused-ring (bicyclic) bond motifs is 4. The molecule has 4 heterocycles. The van der Waals surface area contributed by atoms with E-state index in [2.05, 4.69) is 30.5 Å². The van der Waals surface area contributed by atoms with E-state index in [-0.39, 0.29) is 24.0 Å². The van der Waals surface area contributed by atoms with E-state index in [1.807, 2.05) is 42.4 Å². The van der Waals surface area contributed by atoms with Gasteiger partial charge in [0.15, 0.2) is 5.82 Å². The fourth-order valence-corrected chi connectivity index (χ4v) is 6.52. The first kappa shape index (κ1) is 22.8. The van der Waals surface area contributed by atoms with Gasteiger partial charge in [0, 0.05) is 35.9 Å². The standard InChI is InChI=1S/C24H31N7O2S/c25-23-21-22(15-7-1-2-8-16(15)28-23)31(14-27-21)12-6-5-11-26-19(32)10-4-3-9-18-20-17(13-34-18)29-24(33)30-20/h1-2,7-8,14,17-18,20H,3-6,9-13H2,(H2,25,28)(H,26,32)(H2,29,30,33). The lowest BCUT2D eigenvalue weighted by Crippen LogP contribution is -2.36. The number of aromatic nitrogens is 3. The van der Waals surface area contributed by atoms with Crippen LogP contribution in [-0.4, -0.2) is 56.1 Å². The molecule has 3 amide bonds. The molecule has 0 spiro atoms. The van der Waals surface area contributed by atoms with Gasteiger partial charge in [0.05, 0.1) is 29.4 Å². The van der Waals surface area contributed by atoms with Crippen molar-refractivity contribution in [1.29, 1.82) is 0 Å². The first-order valence-corrected chi connectivity index (χ1v) is 13.1. The van der Waals surface area contributed by atoms with Crippen LogP contribution >= 0.6 is 11.8 Å². The van der Waals surface area contributed by atoms with Crippen LogP contribution in [0.15, 0.2) is 30.6 Å². The summed E-state index contributed by atoms with van der Waals surface area (Å²) in [6.07, 6.45) is 7.14. The second kappa shape index (κ2) is 10.1. The third-order valence-electron chi connectivity index (χ3n) is 6.71. The predicted molar refractivity (Wildman–Crippen MR) is 136 cm³/mol. The molecule has 2 aliphatic rings. The lowest BCUT2D eigenvalue weighted by atomic mass is 10.0. The first-order chi connectivity index (χ1) is 16.6. The number of nitrogen functional groups attached to an aromatic ring is 1. The molecule has 9 nitrogen and oxygen atoms in total. The van der Waals surface area contributed by atoms with Crippen LogP contribution in [0.5, 0.6) is 0 Å². The zero-order chi connectivity index (χ0) is 23.5. The number of imidazole rings is 1. The molecule has 0 saturated carbocycles. The number of nitrogens with zero attached hydrogens (tertiary/aromatic N) is 3. The van der Waals surface area contributed by atoms with Crippen LogP contribution in [0.1, 0.15) is 38.5 Å². The smallest absolute Gasteiger partial charge is 0.315 e. The first-order valence-electron chi connectivity index (χ1n) is 12.0. The van der Waals surface area contributed by atoms with Crippen molar-refractivity contribution in [3.63, 3.8) is 0 Å². The van der Waals surface area contributed by atoms with Gasteiger partial charge in [0.2, 0.25) is 5.91 Å². The van der Waals surface area contributed by atoms with Gasteiger partial charge in [0.1, 0.15) is 5.52 Å². The van der Waals surface area contributed by atoms with Crippen molar-refractivity contribution in [3.8, 4) is 0 Å². The van der Waals surface area contributed by atoms with E-state index in [9.17, 15) is 9.59 Å². The summed E-state index contributed by atoms with van der Waals surface area (Å²) in [6.45, 7) is 1.49. The van der Waals surface area contributed by atoms with Gasteiger partial charge in [-0.3, -0.25) is 4.79 Å². The van der Waals surface area contributed by atoms with Crippen molar-refractivity contribution < 1.29 is 9.59 Å². The number of rotatable bonds is 10. The Hall–Kier alpha value is -3.01. The van der Waals surface area contributed by atoms with Gasteiger partial charge < -0.3 is 26.3 Å². The molecule has 5 N–H and O–H groups in total. The second-order valence-corrected chi connectivity index (χ2v) is 10.3. The zero-order valence-electron chi connectivity index (χ0n) is 19.1. The molecular formula is C24H31N7O2S. The van der Waals surface area contributed by atoms with E-state index in [0.29, 0.717) is 24.0 Å². The number of benzene rings is 1. The highest BCUT2D eigenvalue weighted by molar-refractivity contribution is 8.00. The number of aryl methyl sites for hydroxylation is 1. The van der Waals surface area contributed by atoms with Gasteiger partial charge in [0.25, 0.3) is 0 Å². The van der Waals surface area contributed by atoms with Crippen LogP contribution in [0.2, 0.25) is 0 Å². The number of urea groups is 1. The fraction of sp³-hybridized carbons (Fsp3) is 0.500. The monoisotopic (exact) mass is 481 g/mol. The lowest BCUT2D eigenvalue weighted by molar-refractivity contribution is -0.121. The molecule has 5 rings (SSSR count). The van der Waals surface area contributed by atoms with Gasteiger partial charge in [-0.05, 0) is 31.7 Å². The molecule has 0 aliphatic carbocycles. The highest BCUT2D eigenvalue weighted by Crippen LogP contribution is 2.33. The number of carbonyl (C=O) groups excluding carboxylic acids is 2. The molecule has 10 heteroatoms. The van der Waals surface area contributed by atoms with Gasteiger partial charge in [-0.2, -0.15) is 11.8 Å². The maximum atomic E-state index is 12.2. The number of carbonyl (C=O) groups is 2. The van der Waals surface area contributed by atoms with Crippen molar-refractivity contribution in [3.05, 3.63) is 30.6 Å². The SMILES string of the molecule is Nc1nc2ccccc2c2c1ncn2CCCCNC(=O)CCCCC1SCC2NC(=O)NC21. The van der Waals surface area contributed by atoms with Gasteiger partial charge in [-0.25, -0.2) is 14.8 Å². The van der Waals surface area contributed by atoms with Crippen LogP contribution in [0.4, 0.5) is 10.6 Å². The maximum Gasteiger partial charge on any atom is 0.315 e. The van der Waals surface area contributed by atoms with E-state index < -0.39 is 0 Å². The number of nitrogens with one attached hydrogen (secondary N) is 3. The van der Waals surface area contributed by atoms with Crippen molar-refractivity contribution >= 4 is 51.5 Å². The Morgan fingerprint density at radius 2 is 2.09 bits per heavy atom. The van der Waals surface area contributed by atoms with Gasteiger partial charge in [-0.15, -0.1) is 0 Å². The Morgan fingerprint density at radius 1 is 1.21 bits per heavy atom. The zero-order valence-corrected chi connectivity index (χ0v) is 19.9. The summed E-state index contributed by atoms with van der Waals surface area (Å²) in [5.41, 5.74) is 8.74. The van der Waals surface area contributed by atoms with Crippen LogP contribution in [-0.2, 0) is 11.3 Å². The number of hydrogen-bond donors (Lipinski definition) is 4. The Morgan fingerprint density at radius 3 is 3.00 bits per heavy atom. The normalized spacial score (nSPS) is 21.5. The number of amides is 3. The van der Waals surface area contributed by atoms with Crippen LogP contribution < -0.4 is 21.7 Å². The van der Waals surface area contributed by atoms with Crippen LogP contribution in [0, 0.1) is 0 Å². The van der Waals surface area contributed by atoms with Crippen molar-refractivity contribution in [2.45, 2.75) is 62.4 Å². The average molecular weight is 482 g/mol. The summed E-state index contributed by atoms with van der Waals surface area (Å²) >= 11 is 1.92. The van der Waals surface area contributed by atoms with E-state index in [1.165, 1.54) is 0 Å². The summed E-state index contributed by atoms with van der Waals surface area (Å²) in [7, 11) is 0. The van der Waals surface area contributed by atoms with Crippen LogP contribution in [0.3, 0.4) is 0 Å². The minimum absolute atomic E-state index is 0.0459. The molecule has 3 aromatic rings. The van der Waals surface area contributed by atoms with Gasteiger partial charge in [-0.1, -0.05) is 24.6 Å². The molecular weight excluding hydrogens is 450 g/mol. The molecule has 2 aromatic heterocycles. The molecule has 2 saturated heterocycles. The third kappa shape index (κ3) is 4.77. The predicted octanol–water partition coefficient (Wildman–Crippen LogP) is 2.79. The third-order valence-corrected chi connectivity index (χ3v) is 8.22. The molecule has 2 fully saturated rings. The minimum atomic E-state index is -0.0459. The Labute approximate surface area is 202 Å². The molecule has 2 aliphatic heterocycles. The van der Waals surface area contributed by atoms with Crippen LogP contribution in [0.25, 0.3) is 21.9 Å². The molecule has 3 atom stereocenters. The Kier molecular flexibility index (Phi) is 6.75. The second-order valence-electron chi connectivity index (χ2n) is 9.07. The number of anilines is 1. The van der Waals surface area contributed by atoms with Crippen molar-refractivity contribution in [1.82, 2.24) is 30.5 Å². The minimum Gasteiger partial charge on any atom is -0.382 e. The molecule has 0 bridgehead atoms. The fourth-order valence-electron chi connectivity index (χ4n) is 4.97.